The van der Waals surface area contributed by atoms with E-state index in [-0.39, 0.29) is 12.0 Å². The van der Waals surface area contributed by atoms with Crippen molar-refractivity contribution in [3.8, 4) is 0 Å². The van der Waals surface area contributed by atoms with Crippen LogP contribution < -0.4 is 5.32 Å². The number of hydrogen-bond donors (Lipinski definition) is 1. The molecule has 0 rings (SSSR count). The molecule has 6 nitrogen and oxygen atoms in total. The molecule has 0 aromatic carbocycles. The Balaban J connectivity index is 4.78. The van der Waals surface area contributed by atoms with E-state index in [0.29, 0.717) is 13.0 Å². The summed E-state index contributed by atoms with van der Waals surface area (Å²) in [6.45, 7) is 11.6. The van der Waals surface area contributed by atoms with Crippen molar-refractivity contribution in [2.75, 3.05) is 20.7 Å². The van der Waals surface area contributed by atoms with Crippen molar-refractivity contribution in [3.63, 3.8) is 0 Å². The van der Waals surface area contributed by atoms with Crippen molar-refractivity contribution >= 4 is 12.1 Å². The molecule has 0 aliphatic rings. The monoisotopic (exact) mass is 316 g/mol. The molecule has 0 aromatic heterocycles. The topological polar surface area (TPSA) is 67.9 Å². The number of rotatable bonds is 7. The molecule has 0 saturated carbocycles. The lowest BCUT2D eigenvalue weighted by molar-refractivity contribution is -0.147. The molecule has 0 heterocycles. The Morgan fingerprint density at radius 1 is 1.14 bits per heavy atom. The summed E-state index contributed by atoms with van der Waals surface area (Å²) in [6.07, 6.45) is -0.145. The molecule has 0 aliphatic heterocycles. The third-order valence-electron chi connectivity index (χ3n) is 2.99. The van der Waals surface area contributed by atoms with Crippen molar-refractivity contribution in [1.29, 1.82) is 0 Å². The first-order valence-corrected chi connectivity index (χ1v) is 7.75. The van der Waals surface area contributed by atoms with Crippen molar-refractivity contribution < 1.29 is 19.1 Å². The minimum atomic E-state index is -0.717. The molecule has 0 fully saturated rings. The van der Waals surface area contributed by atoms with Gasteiger partial charge in [0.15, 0.2) is 0 Å². The maximum Gasteiger partial charge on any atom is 0.408 e. The zero-order valence-electron chi connectivity index (χ0n) is 15.2. The second kappa shape index (κ2) is 8.98. The van der Waals surface area contributed by atoms with Crippen LogP contribution in [0, 0.1) is 5.92 Å². The van der Waals surface area contributed by atoms with Crippen LogP contribution in [0.2, 0.25) is 0 Å². The number of carbonyl (C=O) groups excluding carboxylic acids is 2. The fourth-order valence-electron chi connectivity index (χ4n) is 1.57. The van der Waals surface area contributed by atoms with Gasteiger partial charge in [0, 0.05) is 6.04 Å². The Hall–Kier alpha value is -1.30. The molecule has 6 heteroatoms. The summed E-state index contributed by atoms with van der Waals surface area (Å²) in [7, 11) is 3.85. The molecule has 1 unspecified atom stereocenters. The van der Waals surface area contributed by atoms with Gasteiger partial charge in [0.05, 0.1) is 6.61 Å². The van der Waals surface area contributed by atoms with Crippen LogP contribution in [0.4, 0.5) is 4.79 Å². The van der Waals surface area contributed by atoms with Crippen LogP contribution in [-0.4, -0.2) is 55.3 Å². The van der Waals surface area contributed by atoms with E-state index in [9.17, 15) is 9.59 Å². The lowest BCUT2D eigenvalue weighted by atomic mass is 10.1. The average Bonchev–Trinajstić information content (AvgIpc) is 2.32. The zero-order chi connectivity index (χ0) is 17.5. The van der Waals surface area contributed by atoms with E-state index in [2.05, 4.69) is 5.32 Å². The third kappa shape index (κ3) is 9.60. The van der Waals surface area contributed by atoms with Gasteiger partial charge in [-0.2, -0.15) is 0 Å². The molecule has 2 atom stereocenters. The van der Waals surface area contributed by atoms with Gasteiger partial charge in [-0.1, -0.05) is 13.8 Å². The van der Waals surface area contributed by atoms with Gasteiger partial charge in [0.1, 0.15) is 11.6 Å². The van der Waals surface area contributed by atoms with Gasteiger partial charge in [0.2, 0.25) is 0 Å². The van der Waals surface area contributed by atoms with E-state index >= 15 is 0 Å². The molecule has 0 spiro atoms. The number of carbonyl (C=O) groups is 2. The second-order valence-corrected chi connectivity index (χ2v) is 7.27. The number of amides is 1. The summed E-state index contributed by atoms with van der Waals surface area (Å²) in [6, 6.07) is -0.600. The van der Waals surface area contributed by atoms with Crippen molar-refractivity contribution in [1.82, 2.24) is 10.2 Å². The van der Waals surface area contributed by atoms with E-state index in [4.69, 9.17) is 9.47 Å². The fourth-order valence-corrected chi connectivity index (χ4v) is 1.57. The van der Waals surface area contributed by atoms with Gasteiger partial charge in [-0.15, -0.1) is 0 Å². The summed E-state index contributed by atoms with van der Waals surface area (Å²) in [4.78, 5) is 26.1. The zero-order valence-corrected chi connectivity index (χ0v) is 15.2. The predicted octanol–water partition coefficient (Wildman–Crippen LogP) is 2.42. The van der Waals surface area contributed by atoms with E-state index in [1.54, 1.807) is 20.8 Å². The Morgan fingerprint density at radius 2 is 1.68 bits per heavy atom. The third-order valence-corrected chi connectivity index (χ3v) is 2.99. The number of esters is 1. The highest BCUT2D eigenvalue weighted by molar-refractivity contribution is 5.81. The Bertz CT molecular complexity index is 362. The molecule has 0 saturated heterocycles. The summed E-state index contributed by atoms with van der Waals surface area (Å²) in [5.41, 5.74) is -0.608. The Labute approximate surface area is 134 Å². The average molecular weight is 316 g/mol. The lowest BCUT2D eigenvalue weighted by Gasteiger charge is -2.27. The van der Waals surface area contributed by atoms with Gasteiger partial charge in [0.25, 0.3) is 0 Å². The Morgan fingerprint density at radius 3 is 2.09 bits per heavy atom. The molecule has 1 N–H and O–H groups in total. The first kappa shape index (κ1) is 20.7. The Kier molecular flexibility index (Phi) is 8.45. The molecule has 0 aliphatic carbocycles. The van der Waals surface area contributed by atoms with Gasteiger partial charge >= 0.3 is 12.1 Å². The van der Waals surface area contributed by atoms with Crippen LogP contribution in [0.1, 0.15) is 48.0 Å². The van der Waals surface area contributed by atoms with E-state index in [0.717, 1.165) is 0 Å². The van der Waals surface area contributed by atoms with Gasteiger partial charge in [-0.05, 0) is 54.1 Å². The molecule has 0 bridgehead atoms. The highest BCUT2D eigenvalue weighted by atomic mass is 16.6. The van der Waals surface area contributed by atoms with Gasteiger partial charge < -0.3 is 19.7 Å². The molecule has 1 amide bonds. The summed E-state index contributed by atoms with van der Waals surface area (Å²) in [5, 5.41) is 2.62. The van der Waals surface area contributed by atoms with Crippen LogP contribution in [0.15, 0.2) is 0 Å². The fraction of sp³-hybridized carbons (Fsp3) is 0.875. The van der Waals surface area contributed by atoms with Gasteiger partial charge in [-0.25, -0.2) is 9.59 Å². The summed E-state index contributed by atoms with van der Waals surface area (Å²) < 4.78 is 10.5. The van der Waals surface area contributed by atoms with Crippen LogP contribution in [0.5, 0.6) is 0 Å². The van der Waals surface area contributed by atoms with Crippen molar-refractivity contribution in [2.45, 2.75) is 65.6 Å². The molecule has 0 radical (unpaired) electrons. The van der Waals surface area contributed by atoms with Crippen LogP contribution >= 0.6 is 0 Å². The normalized spacial score (nSPS) is 14.6. The van der Waals surface area contributed by atoms with E-state index in [1.807, 2.05) is 39.8 Å². The molecular formula is C16H32N2O4. The van der Waals surface area contributed by atoms with Crippen LogP contribution in [-0.2, 0) is 14.3 Å². The number of hydrogen-bond acceptors (Lipinski definition) is 5. The first-order valence-electron chi connectivity index (χ1n) is 7.75. The maximum atomic E-state index is 12.2. The highest BCUT2D eigenvalue weighted by Gasteiger charge is 2.27. The predicted molar refractivity (Wildman–Crippen MR) is 86.7 cm³/mol. The first-order chi connectivity index (χ1) is 9.92. The minimum Gasteiger partial charge on any atom is -0.464 e. The second-order valence-electron chi connectivity index (χ2n) is 7.27. The van der Waals surface area contributed by atoms with Crippen molar-refractivity contribution in [2.24, 2.45) is 5.92 Å². The van der Waals surface area contributed by atoms with Crippen molar-refractivity contribution in [3.05, 3.63) is 0 Å². The maximum absolute atomic E-state index is 12.2. The standard InChI is InChI=1S/C16H32N2O4/c1-11(2)10-21-14(19)13(9-12(3)18(7)8)17-15(20)22-16(4,5)6/h11-13H,9-10H2,1-8H3,(H,17,20)/t12?,13-/m0/s1. The number of ether oxygens (including phenoxy) is 2. The molecule has 22 heavy (non-hydrogen) atoms. The number of nitrogens with one attached hydrogen (secondary N) is 1. The van der Waals surface area contributed by atoms with Crippen LogP contribution in [0.25, 0.3) is 0 Å². The highest BCUT2D eigenvalue weighted by Crippen LogP contribution is 2.10. The minimum absolute atomic E-state index is 0.117. The summed E-state index contributed by atoms with van der Waals surface area (Å²) >= 11 is 0. The van der Waals surface area contributed by atoms with Gasteiger partial charge in [-0.3, -0.25) is 0 Å². The summed E-state index contributed by atoms with van der Waals surface area (Å²) in [5.74, 6) is -0.175. The lowest BCUT2D eigenvalue weighted by Crippen LogP contribution is -2.47. The SMILES string of the molecule is CC(C)COC(=O)[C@H](CC(C)N(C)C)NC(=O)OC(C)(C)C. The smallest absolute Gasteiger partial charge is 0.408 e. The largest absolute Gasteiger partial charge is 0.464 e. The molecular weight excluding hydrogens is 284 g/mol. The van der Waals surface area contributed by atoms with E-state index in [1.165, 1.54) is 0 Å². The van der Waals surface area contributed by atoms with E-state index < -0.39 is 23.7 Å². The number of alkyl carbamates (subject to hydrolysis) is 1. The number of nitrogens with zero attached hydrogens (tertiary/aromatic N) is 1. The molecule has 130 valence electrons. The quantitative estimate of drug-likeness (QED) is 0.731. The van der Waals surface area contributed by atoms with Crippen LogP contribution in [0.3, 0.4) is 0 Å². The molecule has 0 aromatic rings.